The molecule has 0 radical (unpaired) electrons. The van der Waals surface area contributed by atoms with Crippen molar-refractivity contribution < 1.29 is 4.92 Å². The van der Waals surface area contributed by atoms with Gasteiger partial charge in [0.25, 0.3) is 5.69 Å². The molecule has 0 aliphatic rings. The maximum atomic E-state index is 10.6. The molecule has 0 bridgehead atoms. The highest BCUT2D eigenvalue weighted by molar-refractivity contribution is 6.30. The van der Waals surface area contributed by atoms with Gasteiger partial charge in [0, 0.05) is 17.6 Å². The second-order valence-electron chi connectivity index (χ2n) is 4.81. The summed E-state index contributed by atoms with van der Waals surface area (Å²) in [5.74, 6) is 0. The Bertz CT molecular complexity index is 916. The Morgan fingerprint density at radius 1 is 1.04 bits per heavy atom. The van der Waals surface area contributed by atoms with Crippen molar-refractivity contribution in [2.45, 2.75) is 0 Å². The number of aromatic nitrogens is 2. The molecule has 0 atom stereocenters. The number of halogens is 1. The summed E-state index contributed by atoms with van der Waals surface area (Å²) >= 11 is 5.68. The number of nitrogens with zero attached hydrogens (tertiary/aromatic N) is 2. The zero-order chi connectivity index (χ0) is 16.2. The topological polar surface area (TPSA) is 71.8 Å². The van der Waals surface area contributed by atoms with E-state index in [1.165, 1.54) is 11.5 Å². The number of pyridine rings is 1. The molecule has 0 aliphatic carbocycles. The zero-order valence-corrected chi connectivity index (χ0v) is 12.7. The van der Waals surface area contributed by atoms with Gasteiger partial charge >= 0.3 is 0 Å². The SMILES string of the molecule is O=[N+]([O-])c1cccc2[nH]c(Cl)cc12.c1ccc2ncccc2c1. The number of non-ortho nitro benzene ring substituents is 1. The van der Waals surface area contributed by atoms with E-state index in [4.69, 9.17) is 11.6 Å². The van der Waals surface area contributed by atoms with Crippen LogP contribution in [0.2, 0.25) is 5.15 Å². The average Bonchev–Trinajstić information content (AvgIpc) is 2.95. The monoisotopic (exact) mass is 325 g/mol. The molecule has 0 saturated carbocycles. The fourth-order valence-electron chi connectivity index (χ4n) is 2.28. The average molecular weight is 326 g/mol. The Balaban J connectivity index is 0.000000140. The number of aromatic amines is 1. The molecule has 5 nitrogen and oxygen atoms in total. The van der Waals surface area contributed by atoms with Gasteiger partial charge < -0.3 is 4.98 Å². The second-order valence-corrected chi connectivity index (χ2v) is 5.22. The minimum Gasteiger partial charge on any atom is -0.345 e. The predicted molar refractivity (Wildman–Crippen MR) is 91.7 cm³/mol. The minimum atomic E-state index is -0.424. The lowest BCUT2D eigenvalue weighted by atomic mass is 10.2. The van der Waals surface area contributed by atoms with Gasteiger partial charge in [0.2, 0.25) is 0 Å². The highest BCUT2D eigenvalue weighted by atomic mass is 35.5. The summed E-state index contributed by atoms with van der Waals surface area (Å²) < 4.78 is 0. The number of rotatable bonds is 1. The van der Waals surface area contributed by atoms with Gasteiger partial charge in [-0.1, -0.05) is 41.9 Å². The standard InChI is InChI=1S/C9H7N.C8H5ClN2O2/c1-2-6-9-8(4-1)5-3-7-10-9;9-8-4-5-6(10-8)2-1-3-7(5)11(12)13/h1-7H;1-4,10H. The Labute approximate surface area is 136 Å². The van der Waals surface area contributed by atoms with Gasteiger partial charge in [-0.3, -0.25) is 15.1 Å². The maximum absolute atomic E-state index is 10.6. The van der Waals surface area contributed by atoms with E-state index in [0.29, 0.717) is 16.1 Å². The first-order chi connectivity index (χ1) is 11.1. The van der Waals surface area contributed by atoms with E-state index in [0.717, 1.165) is 5.52 Å². The molecule has 0 aliphatic heterocycles. The third kappa shape index (κ3) is 3.30. The maximum Gasteiger partial charge on any atom is 0.278 e. The highest BCUT2D eigenvalue weighted by Crippen LogP contribution is 2.27. The van der Waals surface area contributed by atoms with Crippen molar-refractivity contribution in [3.8, 4) is 0 Å². The Morgan fingerprint density at radius 3 is 2.61 bits per heavy atom. The minimum absolute atomic E-state index is 0.0700. The van der Waals surface area contributed by atoms with Crippen molar-refractivity contribution in [2.24, 2.45) is 0 Å². The van der Waals surface area contributed by atoms with Crippen LogP contribution in [0.15, 0.2) is 66.9 Å². The zero-order valence-electron chi connectivity index (χ0n) is 11.9. The van der Waals surface area contributed by atoms with E-state index < -0.39 is 4.92 Å². The lowest BCUT2D eigenvalue weighted by Gasteiger charge is -1.91. The van der Waals surface area contributed by atoms with Crippen LogP contribution in [-0.2, 0) is 0 Å². The van der Waals surface area contributed by atoms with Crippen molar-refractivity contribution in [2.75, 3.05) is 0 Å². The number of nitrogens with one attached hydrogen (secondary N) is 1. The van der Waals surface area contributed by atoms with Gasteiger partial charge in [-0.25, -0.2) is 0 Å². The first-order valence-electron chi connectivity index (χ1n) is 6.86. The number of hydrogen-bond donors (Lipinski definition) is 1. The van der Waals surface area contributed by atoms with Crippen LogP contribution in [0.5, 0.6) is 0 Å². The van der Waals surface area contributed by atoms with Crippen LogP contribution < -0.4 is 0 Å². The van der Waals surface area contributed by atoms with Crippen LogP contribution in [0.1, 0.15) is 0 Å². The number of fused-ring (bicyclic) bond motifs is 2. The van der Waals surface area contributed by atoms with Crippen molar-refractivity contribution in [3.05, 3.63) is 82.1 Å². The molecule has 0 amide bonds. The van der Waals surface area contributed by atoms with E-state index in [1.54, 1.807) is 18.2 Å². The van der Waals surface area contributed by atoms with Crippen LogP contribution in [-0.4, -0.2) is 14.9 Å². The summed E-state index contributed by atoms with van der Waals surface area (Å²) in [5, 5.41) is 12.7. The normalized spacial score (nSPS) is 10.3. The first-order valence-corrected chi connectivity index (χ1v) is 7.24. The second kappa shape index (κ2) is 6.46. The number of H-pyrrole nitrogens is 1. The van der Waals surface area contributed by atoms with Gasteiger partial charge in [0.1, 0.15) is 5.15 Å². The summed E-state index contributed by atoms with van der Waals surface area (Å²) in [5.41, 5.74) is 1.81. The summed E-state index contributed by atoms with van der Waals surface area (Å²) in [6, 6.07) is 18.4. The van der Waals surface area contributed by atoms with Crippen molar-refractivity contribution in [1.29, 1.82) is 0 Å². The predicted octanol–water partition coefficient (Wildman–Crippen LogP) is 4.96. The smallest absolute Gasteiger partial charge is 0.278 e. The first kappa shape index (κ1) is 15.0. The number of para-hydroxylation sites is 1. The number of hydrogen-bond acceptors (Lipinski definition) is 3. The van der Waals surface area contributed by atoms with E-state index in [-0.39, 0.29) is 5.69 Å². The molecule has 6 heteroatoms. The van der Waals surface area contributed by atoms with Crippen molar-refractivity contribution >= 4 is 39.1 Å². The summed E-state index contributed by atoms with van der Waals surface area (Å²) in [4.78, 5) is 17.1. The molecule has 2 aromatic carbocycles. The van der Waals surface area contributed by atoms with Gasteiger partial charge in [-0.15, -0.1) is 0 Å². The van der Waals surface area contributed by atoms with Crippen molar-refractivity contribution in [3.63, 3.8) is 0 Å². The van der Waals surface area contributed by atoms with Crippen LogP contribution >= 0.6 is 11.6 Å². The quantitative estimate of drug-likeness (QED) is 0.397. The van der Waals surface area contributed by atoms with Crippen molar-refractivity contribution in [1.82, 2.24) is 9.97 Å². The third-order valence-corrected chi connectivity index (χ3v) is 3.52. The van der Waals surface area contributed by atoms with E-state index in [2.05, 4.69) is 22.1 Å². The molecule has 1 N–H and O–H groups in total. The summed E-state index contributed by atoms with van der Waals surface area (Å²) in [6.45, 7) is 0. The molecule has 23 heavy (non-hydrogen) atoms. The molecule has 0 spiro atoms. The van der Waals surface area contributed by atoms with E-state index in [1.807, 2.05) is 30.5 Å². The fraction of sp³-hybridized carbons (Fsp3) is 0. The van der Waals surface area contributed by atoms with E-state index in [9.17, 15) is 10.1 Å². The largest absolute Gasteiger partial charge is 0.345 e. The highest BCUT2D eigenvalue weighted by Gasteiger charge is 2.12. The fourth-order valence-corrected chi connectivity index (χ4v) is 2.49. The number of benzene rings is 2. The molecule has 2 aromatic heterocycles. The number of nitro groups is 1. The Morgan fingerprint density at radius 2 is 1.83 bits per heavy atom. The third-order valence-electron chi connectivity index (χ3n) is 3.32. The summed E-state index contributed by atoms with van der Waals surface area (Å²) in [6.07, 6.45) is 1.81. The number of nitro benzene ring substituents is 1. The molecular formula is C17H12ClN3O2. The Hall–Kier alpha value is -2.92. The van der Waals surface area contributed by atoms with Crippen LogP contribution in [0.3, 0.4) is 0 Å². The molecule has 2 heterocycles. The van der Waals surface area contributed by atoms with Crippen LogP contribution in [0.25, 0.3) is 21.8 Å². The van der Waals surface area contributed by atoms with Crippen LogP contribution in [0, 0.1) is 10.1 Å². The molecule has 114 valence electrons. The molecular weight excluding hydrogens is 314 g/mol. The summed E-state index contributed by atoms with van der Waals surface area (Å²) in [7, 11) is 0. The molecule has 0 fully saturated rings. The van der Waals surface area contributed by atoms with Gasteiger partial charge in [-0.2, -0.15) is 0 Å². The van der Waals surface area contributed by atoms with Gasteiger partial charge in [0.15, 0.2) is 0 Å². The van der Waals surface area contributed by atoms with Crippen LogP contribution in [0.4, 0.5) is 5.69 Å². The lowest BCUT2D eigenvalue weighted by molar-refractivity contribution is -0.383. The molecule has 0 unspecified atom stereocenters. The Kier molecular flexibility index (Phi) is 4.21. The molecule has 0 saturated heterocycles. The molecule has 4 rings (SSSR count). The lowest BCUT2D eigenvalue weighted by Crippen LogP contribution is -1.87. The van der Waals surface area contributed by atoms with Gasteiger partial charge in [-0.05, 0) is 24.3 Å². The molecule has 4 aromatic rings. The van der Waals surface area contributed by atoms with Gasteiger partial charge in [0.05, 0.1) is 21.3 Å². The van der Waals surface area contributed by atoms with E-state index >= 15 is 0 Å².